The lowest BCUT2D eigenvalue weighted by Crippen LogP contribution is -2.22. The van der Waals surface area contributed by atoms with Crippen LogP contribution in [0, 0.1) is 5.92 Å². The van der Waals surface area contributed by atoms with Gasteiger partial charge in [0.15, 0.2) is 0 Å². The number of nitrogens with zero attached hydrogens (tertiary/aromatic N) is 1. The number of carbonyl (C=O) groups excluding carboxylic acids is 1. The van der Waals surface area contributed by atoms with Gasteiger partial charge in [0.2, 0.25) is 5.91 Å². The van der Waals surface area contributed by atoms with Crippen LogP contribution in [0.3, 0.4) is 0 Å². The molecule has 0 bridgehead atoms. The van der Waals surface area contributed by atoms with Crippen LogP contribution in [0.1, 0.15) is 26.7 Å². The highest BCUT2D eigenvalue weighted by molar-refractivity contribution is 6.29. The van der Waals surface area contributed by atoms with Crippen LogP contribution >= 0.6 is 11.6 Å². The van der Waals surface area contributed by atoms with E-state index in [1.807, 2.05) is 13.8 Å². The molecule has 0 atom stereocenters. The quantitative estimate of drug-likeness (QED) is 0.802. The normalized spacial score (nSPS) is 10.4. The zero-order valence-corrected chi connectivity index (χ0v) is 9.71. The molecule has 1 aromatic rings. The average Bonchev–Trinajstić information content (AvgIpc) is 2.19. The lowest BCUT2D eigenvalue weighted by molar-refractivity contribution is -0.120. The van der Waals surface area contributed by atoms with E-state index in [-0.39, 0.29) is 11.8 Å². The molecule has 0 fully saturated rings. The SMILES string of the molecule is CCC(CC)C(=O)Nc1cccc(Cl)n1. The highest BCUT2D eigenvalue weighted by atomic mass is 35.5. The van der Waals surface area contributed by atoms with Crippen LogP contribution in [0.15, 0.2) is 18.2 Å². The van der Waals surface area contributed by atoms with Gasteiger partial charge >= 0.3 is 0 Å². The molecule has 4 heteroatoms. The van der Waals surface area contributed by atoms with Gasteiger partial charge in [-0.2, -0.15) is 0 Å². The number of anilines is 1. The summed E-state index contributed by atoms with van der Waals surface area (Å²) in [5.41, 5.74) is 0. The third-order valence-corrected chi connectivity index (χ3v) is 2.53. The summed E-state index contributed by atoms with van der Waals surface area (Å²) in [5, 5.41) is 3.14. The lowest BCUT2D eigenvalue weighted by atomic mass is 10.0. The van der Waals surface area contributed by atoms with Gasteiger partial charge in [-0.15, -0.1) is 0 Å². The number of carbonyl (C=O) groups is 1. The predicted molar refractivity (Wildman–Crippen MR) is 61.9 cm³/mol. The van der Waals surface area contributed by atoms with E-state index in [1.54, 1.807) is 18.2 Å². The molecular weight excluding hydrogens is 212 g/mol. The topological polar surface area (TPSA) is 42.0 Å². The minimum atomic E-state index is 0.00904. The summed E-state index contributed by atoms with van der Waals surface area (Å²) < 4.78 is 0. The van der Waals surface area contributed by atoms with Crippen LogP contribution in [-0.2, 0) is 4.79 Å². The molecule has 1 aromatic heterocycles. The van der Waals surface area contributed by atoms with Gasteiger partial charge in [0, 0.05) is 5.92 Å². The van der Waals surface area contributed by atoms with Crippen LogP contribution in [-0.4, -0.2) is 10.9 Å². The molecule has 0 saturated heterocycles. The van der Waals surface area contributed by atoms with Crippen molar-refractivity contribution in [1.29, 1.82) is 0 Å². The molecule has 82 valence electrons. The summed E-state index contributed by atoms with van der Waals surface area (Å²) in [6.07, 6.45) is 1.67. The second kappa shape index (κ2) is 5.71. The Morgan fingerprint density at radius 3 is 2.67 bits per heavy atom. The Balaban J connectivity index is 2.65. The van der Waals surface area contributed by atoms with Crippen LogP contribution < -0.4 is 5.32 Å². The van der Waals surface area contributed by atoms with Gasteiger partial charge in [0.1, 0.15) is 11.0 Å². The van der Waals surface area contributed by atoms with Gasteiger partial charge < -0.3 is 5.32 Å². The van der Waals surface area contributed by atoms with Gasteiger partial charge in [0.25, 0.3) is 0 Å². The fourth-order valence-electron chi connectivity index (χ4n) is 1.37. The van der Waals surface area contributed by atoms with Crippen molar-refractivity contribution in [2.24, 2.45) is 5.92 Å². The molecule has 0 aliphatic heterocycles. The molecule has 0 aromatic carbocycles. The minimum absolute atomic E-state index is 0.00904. The van der Waals surface area contributed by atoms with E-state index in [4.69, 9.17) is 11.6 Å². The number of hydrogen-bond acceptors (Lipinski definition) is 2. The van der Waals surface area contributed by atoms with Gasteiger partial charge in [0.05, 0.1) is 0 Å². The van der Waals surface area contributed by atoms with Gasteiger partial charge in [-0.3, -0.25) is 4.79 Å². The van der Waals surface area contributed by atoms with Gasteiger partial charge in [-0.25, -0.2) is 4.98 Å². The van der Waals surface area contributed by atoms with Crippen molar-refractivity contribution in [3.63, 3.8) is 0 Å². The zero-order chi connectivity index (χ0) is 11.3. The molecule has 0 aliphatic rings. The van der Waals surface area contributed by atoms with Crippen LogP contribution in [0.25, 0.3) is 0 Å². The maximum absolute atomic E-state index is 11.7. The molecule has 1 rings (SSSR count). The van der Waals surface area contributed by atoms with E-state index in [9.17, 15) is 4.79 Å². The Kier molecular flexibility index (Phi) is 4.56. The number of nitrogens with one attached hydrogen (secondary N) is 1. The minimum Gasteiger partial charge on any atom is -0.310 e. The van der Waals surface area contributed by atoms with E-state index in [2.05, 4.69) is 10.3 Å². The largest absolute Gasteiger partial charge is 0.310 e. The van der Waals surface area contributed by atoms with E-state index in [0.29, 0.717) is 11.0 Å². The van der Waals surface area contributed by atoms with Crippen LogP contribution in [0.5, 0.6) is 0 Å². The first-order valence-corrected chi connectivity index (χ1v) is 5.48. The number of pyridine rings is 1. The third kappa shape index (κ3) is 3.51. The predicted octanol–water partition coefficient (Wildman–Crippen LogP) is 3.11. The second-order valence-corrected chi connectivity index (χ2v) is 3.74. The first-order chi connectivity index (χ1) is 7.17. The Bertz CT molecular complexity index is 337. The standard InChI is InChI=1S/C11H15ClN2O/c1-3-8(4-2)11(15)14-10-7-5-6-9(12)13-10/h5-8H,3-4H2,1-2H3,(H,13,14,15). The fraction of sp³-hybridized carbons (Fsp3) is 0.455. The smallest absolute Gasteiger partial charge is 0.228 e. The van der Waals surface area contributed by atoms with Crippen molar-refractivity contribution in [3.8, 4) is 0 Å². The molecule has 15 heavy (non-hydrogen) atoms. The summed E-state index contributed by atoms with van der Waals surface area (Å²) in [7, 11) is 0. The zero-order valence-electron chi connectivity index (χ0n) is 8.96. The first kappa shape index (κ1) is 12.0. The molecule has 0 radical (unpaired) electrons. The highest BCUT2D eigenvalue weighted by Gasteiger charge is 2.14. The molecule has 1 amide bonds. The second-order valence-electron chi connectivity index (χ2n) is 3.35. The van der Waals surface area contributed by atoms with Crippen LogP contribution in [0.2, 0.25) is 5.15 Å². The molecule has 3 nitrogen and oxygen atoms in total. The maximum atomic E-state index is 11.7. The van der Waals surface area contributed by atoms with Crippen molar-refractivity contribution in [2.75, 3.05) is 5.32 Å². The molecule has 0 saturated carbocycles. The van der Waals surface area contributed by atoms with E-state index in [0.717, 1.165) is 12.8 Å². The van der Waals surface area contributed by atoms with E-state index >= 15 is 0 Å². The van der Waals surface area contributed by atoms with Crippen molar-refractivity contribution < 1.29 is 4.79 Å². The summed E-state index contributed by atoms with van der Waals surface area (Å²) >= 11 is 5.71. The number of aromatic nitrogens is 1. The number of hydrogen-bond donors (Lipinski definition) is 1. The molecule has 1 N–H and O–H groups in total. The van der Waals surface area contributed by atoms with Crippen molar-refractivity contribution in [1.82, 2.24) is 4.98 Å². The van der Waals surface area contributed by atoms with Gasteiger partial charge in [-0.05, 0) is 25.0 Å². The highest BCUT2D eigenvalue weighted by Crippen LogP contribution is 2.13. The summed E-state index contributed by atoms with van der Waals surface area (Å²) in [5.74, 6) is 0.569. The third-order valence-electron chi connectivity index (χ3n) is 2.32. The number of amides is 1. The Labute approximate surface area is 94.9 Å². The summed E-state index contributed by atoms with van der Waals surface area (Å²) in [6.45, 7) is 4.00. The van der Waals surface area contributed by atoms with E-state index in [1.165, 1.54) is 0 Å². The first-order valence-electron chi connectivity index (χ1n) is 5.10. The fourth-order valence-corrected chi connectivity index (χ4v) is 1.53. The Hall–Kier alpha value is -1.09. The molecule has 0 aliphatic carbocycles. The van der Waals surface area contributed by atoms with Gasteiger partial charge in [-0.1, -0.05) is 31.5 Å². The van der Waals surface area contributed by atoms with Crippen molar-refractivity contribution >= 4 is 23.3 Å². The molecular formula is C11H15ClN2O. The van der Waals surface area contributed by atoms with E-state index < -0.39 is 0 Å². The lowest BCUT2D eigenvalue weighted by Gasteiger charge is -2.11. The Morgan fingerprint density at radius 1 is 1.47 bits per heavy atom. The van der Waals surface area contributed by atoms with Crippen molar-refractivity contribution in [3.05, 3.63) is 23.4 Å². The van der Waals surface area contributed by atoms with Crippen molar-refractivity contribution in [2.45, 2.75) is 26.7 Å². The average molecular weight is 227 g/mol. The molecule has 0 unspecified atom stereocenters. The monoisotopic (exact) mass is 226 g/mol. The number of halogens is 1. The number of rotatable bonds is 4. The maximum Gasteiger partial charge on any atom is 0.228 e. The molecule has 1 heterocycles. The molecule has 0 spiro atoms. The Morgan fingerprint density at radius 2 is 2.13 bits per heavy atom. The van der Waals surface area contributed by atoms with Crippen LogP contribution in [0.4, 0.5) is 5.82 Å². The summed E-state index contributed by atoms with van der Waals surface area (Å²) in [6, 6.07) is 5.17. The summed E-state index contributed by atoms with van der Waals surface area (Å²) in [4.78, 5) is 15.7.